The Kier molecular flexibility index (Phi) is 7.71. The normalized spacial score (nSPS) is 19.1. The van der Waals surface area contributed by atoms with E-state index in [1.165, 1.54) is 0 Å². The van der Waals surface area contributed by atoms with Crippen molar-refractivity contribution >= 4 is 11.7 Å². The molecule has 0 spiro atoms. The van der Waals surface area contributed by atoms with Crippen molar-refractivity contribution in [1.82, 2.24) is 24.3 Å². The van der Waals surface area contributed by atoms with Crippen molar-refractivity contribution in [3.63, 3.8) is 0 Å². The van der Waals surface area contributed by atoms with Gasteiger partial charge >= 0.3 is 6.03 Å². The van der Waals surface area contributed by atoms with Crippen LogP contribution in [0.2, 0.25) is 0 Å². The zero-order chi connectivity index (χ0) is 25.8. The summed E-state index contributed by atoms with van der Waals surface area (Å²) in [7, 11) is 0. The first kappa shape index (κ1) is 25.2. The predicted octanol–water partition coefficient (Wildman–Crippen LogP) is 3.88. The summed E-state index contributed by atoms with van der Waals surface area (Å²) < 4.78 is 8.07. The lowest BCUT2D eigenvalue weighted by Gasteiger charge is -2.32. The topological polar surface area (TPSA) is 102 Å². The van der Waals surface area contributed by atoms with Gasteiger partial charge in [0.15, 0.2) is 0 Å². The molecule has 2 aromatic heterocycles. The molecule has 0 aliphatic carbocycles. The van der Waals surface area contributed by atoms with Crippen molar-refractivity contribution in [3.05, 3.63) is 66.0 Å². The van der Waals surface area contributed by atoms with Crippen LogP contribution in [0.1, 0.15) is 42.6 Å². The van der Waals surface area contributed by atoms with E-state index in [2.05, 4.69) is 32.3 Å². The van der Waals surface area contributed by atoms with Gasteiger partial charge in [0.2, 0.25) is 0 Å². The molecule has 1 atom stereocenters. The van der Waals surface area contributed by atoms with Crippen molar-refractivity contribution in [3.8, 4) is 11.4 Å². The van der Waals surface area contributed by atoms with Crippen LogP contribution in [0.15, 0.2) is 49.1 Å². The molecule has 1 aromatic carbocycles. The van der Waals surface area contributed by atoms with Gasteiger partial charge in [0, 0.05) is 68.3 Å². The van der Waals surface area contributed by atoms with Crippen molar-refractivity contribution < 1.29 is 9.53 Å². The number of nitrogens with two attached hydrogens (primary N) is 1. The minimum Gasteiger partial charge on any atom is -0.489 e. The molecule has 3 N–H and O–H groups in total. The lowest BCUT2D eigenvalue weighted by atomic mass is 10.1. The number of nitrogens with one attached hydrogen (secondary N) is 1. The van der Waals surface area contributed by atoms with Crippen LogP contribution >= 0.6 is 0 Å². The number of carbonyl (C=O) groups is 1. The second-order valence-electron chi connectivity index (χ2n) is 10.3. The third-order valence-corrected chi connectivity index (χ3v) is 7.10. The lowest BCUT2D eigenvalue weighted by Crippen LogP contribution is -2.43. The molecule has 3 aromatic rings. The maximum atomic E-state index is 13.2. The van der Waals surface area contributed by atoms with E-state index in [9.17, 15) is 4.79 Å². The van der Waals surface area contributed by atoms with E-state index >= 15 is 0 Å². The molecule has 196 valence electrons. The van der Waals surface area contributed by atoms with Gasteiger partial charge < -0.3 is 25.3 Å². The molecule has 9 heteroatoms. The number of hydrogen-bond donors (Lipinski definition) is 2. The van der Waals surface area contributed by atoms with Crippen LogP contribution in [0.3, 0.4) is 0 Å². The minimum atomic E-state index is -0.0830. The van der Waals surface area contributed by atoms with Crippen LogP contribution in [-0.2, 0) is 6.54 Å². The number of aryl methyl sites for hydroxylation is 2. The summed E-state index contributed by atoms with van der Waals surface area (Å²) in [5, 5.41) is 3.15. The number of imidazole rings is 1. The highest BCUT2D eigenvalue weighted by Crippen LogP contribution is 2.23. The summed E-state index contributed by atoms with van der Waals surface area (Å²) in [6.07, 6.45) is 9.43. The Morgan fingerprint density at radius 3 is 2.62 bits per heavy atom. The van der Waals surface area contributed by atoms with Gasteiger partial charge in [0.1, 0.15) is 11.9 Å². The molecule has 2 amide bonds. The van der Waals surface area contributed by atoms with Gasteiger partial charge in [-0.05, 0) is 69.1 Å². The van der Waals surface area contributed by atoms with E-state index in [1.807, 2.05) is 54.0 Å². The number of rotatable bonds is 6. The maximum absolute atomic E-state index is 13.2. The number of amides is 2. The minimum absolute atomic E-state index is 0.0830. The van der Waals surface area contributed by atoms with Gasteiger partial charge in [-0.3, -0.25) is 9.88 Å². The van der Waals surface area contributed by atoms with Gasteiger partial charge in [0.25, 0.3) is 0 Å². The van der Waals surface area contributed by atoms with Crippen LogP contribution in [0.5, 0.6) is 5.75 Å². The zero-order valence-electron chi connectivity index (χ0n) is 21.8. The number of benzene rings is 1. The molecule has 5 rings (SSSR count). The third kappa shape index (κ3) is 6.67. The summed E-state index contributed by atoms with van der Waals surface area (Å²) in [5.41, 5.74) is 11.0. The van der Waals surface area contributed by atoms with Crippen molar-refractivity contribution in [2.75, 3.05) is 31.5 Å². The first-order chi connectivity index (χ1) is 17.9. The van der Waals surface area contributed by atoms with Gasteiger partial charge in [0.05, 0.1) is 18.2 Å². The predicted molar refractivity (Wildman–Crippen MR) is 144 cm³/mol. The monoisotopic (exact) mass is 503 g/mol. The smallest absolute Gasteiger partial charge is 0.321 e. The summed E-state index contributed by atoms with van der Waals surface area (Å²) in [6.45, 7) is 7.96. The number of anilines is 1. The number of likely N-dealkylation sites (tertiary alicyclic amines) is 2. The molecule has 0 unspecified atom stereocenters. The fraction of sp³-hybridized carbons (Fsp3) is 0.464. The molecule has 0 radical (unpaired) electrons. The van der Waals surface area contributed by atoms with Gasteiger partial charge in [-0.15, -0.1) is 0 Å². The molecular weight excluding hydrogens is 466 g/mol. The number of hydrogen-bond acceptors (Lipinski definition) is 6. The largest absolute Gasteiger partial charge is 0.489 e. The fourth-order valence-electron chi connectivity index (χ4n) is 5.14. The molecule has 2 aliphatic rings. The summed E-state index contributed by atoms with van der Waals surface area (Å²) >= 11 is 0. The van der Waals surface area contributed by atoms with Crippen molar-refractivity contribution in [2.24, 2.45) is 5.73 Å². The van der Waals surface area contributed by atoms with E-state index in [-0.39, 0.29) is 18.2 Å². The van der Waals surface area contributed by atoms with Gasteiger partial charge in [-0.1, -0.05) is 0 Å². The van der Waals surface area contributed by atoms with E-state index < -0.39 is 0 Å². The Morgan fingerprint density at radius 1 is 1.08 bits per heavy atom. The fourth-order valence-corrected chi connectivity index (χ4v) is 5.14. The summed E-state index contributed by atoms with van der Waals surface area (Å²) in [5.74, 6) is 0.780. The number of carbonyl (C=O) groups excluding carboxylic acids is 1. The molecule has 2 saturated heterocycles. The number of aromatic nitrogens is 3. The summed E-state index contributed by atoms with van der Waals surface area (Å²) in [6, 6.07) is 10.3. The van der Waals surface area contributed by atoms with E-state index in [1.54, 1.807) is 6.20 Å². The highest BCUT2D eigenvalue weighted by atomic mass is 16.5. The number of urea groups is 1. The Balaban J connectivity index is 1.24. The maximum Gasteiger partial charge on any atom is 0.321 e. The van der Waals surface area contributed by atoms with Crippen LogP contribution in [0, 0.1) is 13.8 Å². The summed E-state index contributed by atoms with van der Waals surface area (Å²) in [4.78, 5) is 26.1. The van der Waals surface area contributed by atoms with Gasteiger partial charge in [-0.2, -0.15) is 0 Å². The number of ether oxygens (including phenoxy) is 1. The Bertz CT molecular complexity index is 1200. The first-order valence-corrected chi connectivity index (χ1v) is 13.2. The lowest BCUT2D eigenvalue weighted by molar-refractivity contribution is 0.115. The van der Waals surface area contributed by atoms with E-state index in [0.29, 0.717) is 13.1 Å². The van der Waals surface area contributed by atoms with Gasteiger partial charge in [-0.25, -0.2) is 9.78 Å². The highest BCUT2D eigenvalue weighted by Gasteiger charge is 2.24. The standard InChI is InChI=1S/C28H37N7O2/c1-20-5-6-27(15-30-20)37-26-7-10-34(11-8-26)28(36)32-24-12-22(17-33-9-3-4-23(29)18-33)13-25(14-24)35-16-21(2)31-19-35/h5-6,12-16,19,23,26H,3-4,7-11,17-18,29H2,1-2H3,(H,32,36)/t23-/m0/s1. The molecule has 0 bridgehead atoms. The quantitative estimate of drug-likeness (QED) is 0.529. The third-order valence-electron chi connectivity index (χ3n) is 7.10. The molecule has 2 aliphatic heterocycles. The SMILES string of the molecule is Cc1ccc(OC2CCN(C(=O)Nc3cc(CN4CCC[C@H](N)C4)cc(-n4cnc(C)c4)c3)CC2)cn1. The van der Waals surface area contributed by atoms with Crippen molar-refractivity contribution in [1.29, 1.82) is 0 Å². The Labute approximate surface area is 218 Å². The van der Waals surface area contributed by atoms with Crippen molar-refractivity contribution in [2.45, 2.75) is 58.2 Å². The van der Waals surface area contributed by atoms with E-state index in [4.69, 9.17) is 10.5 Å². The first-order valence-electron chi connectivity index (χ1n) is 13.2. The Hall–Kier alpha value is -3.43. The van der Waals surface area contributed by atoms with Crippen LogP contribution < -0.4 is 15.8 Å². The zero-order valence-corrected chi connectivity index (χ0v) is 21.8. The number of pyridine rings is 1. The Morgan fingerprint density at radius 2 is 1.92 bits per heavy atom. The van der Waals surface area contributed by atoms with E-state index in [0.717, 1.165) is 79.4 Å². The average Bonchev–Trinajstić information content (AvgIpc) is 3.32. The van der Waals surface area contributed by atoms with Crippen LogP contribution in [0.4, 0.5) is 10.5 Å². The molecular formula is C28H37N7O2. The molecule has 9 nitrogen and oxygen atoms in total. The number of piperidine rings is 2. The molecule has 4 heterocycles. The van der Waals surface area contributed by atoms with Crippen LogP contribution in [-0.4, -0.2) is 68.7 Å². The molecule has 2 fully saturated rings. The second-order valence-corrected chi connectivity index (χ2v) is 10.3. The number of nitrogens with zero attached hydrogens (tertiary/aromatic N) is 5. The average molecular weight is 504 g/mol. The molecule has 0 saturated carbocycles. The second kappa shape index (κ2) is 11.3. The molecule has 37 heavy (non-hydrogen) atoms. The highest BCUT2D eigenvalue weighted by molar-refractivity contribution is 5.89. The van der Waals surface area contributed by atoms with Crippen LogP contribution in [0.25, 0.3) is 5.69 Å².